The molecule has 2 aromatic carbocycles. The van der Waals surface area contributed by atoms with Crippen LogP contribution >= 0.6 is 0 Å². The van der Waals surface area contributed by atoms with E-state index in [2.05, 4.69) is 24.3 Å². The predicted octanol–water partition coefficient (Wildman–Crippen LogP) is 4.64. The Kier molecular flexibility index (Phi) is 3.33. The summed E-state index contributed by atoms with van der Waals surface area (Å²) in [7, 11) is 0. The van der Waals surface area contributed by atoms with Gasteiger partial charge in [0.25, 0.3) is 0 Å². The van der Waals surface area contributed by atoms with E-state index in [4.69, 9.17) is 0 Å². The van der Waals surface area contributed by atoms with Crippen LogP contribution in [0.1, 0.15) is 59.8 Å². The lowest BCUT2D eigenvalue weighted by atomic mass is 9.66. The quantitative estimate of drug-likeness (QED) is 0.743. The fourth-order valence-corrected chi connectivity index (χ4v) is 4.00. The maximum atomic E-state index is 10.1. The van der Waals surface area contributed by atoms with Gasteiger partial charge in [-0.05, 0) is 84.7 Å². The Labute approximate surface area is 131 Å². The number of benzene rings is 2. The first kappa shape index (κ1) is 13.7. The third-order valence-electron chi connectivity index (χ3n) is 5.48. The molecule has 0 saturated heterocycles. The number of hydrogen-bond donors (Lipinski definition) is 2. The monoisotopic (exact) mass is 294 g/mol. The minimum Gasteiger partial charge on any atom is -0.508 e. The number of rotatable bonds is 0. The zero-order valence-corrected chi connectivity index (χ0v) is 12.8. The Morgan fingerprint density at radius 3 is 1.55 bits per heavy atom. The first-order chi connectivity index (χ1) is 10.7. The molecule has 1 fully saturated rings. The molecule has 0 aliphatic heterocycles. The molecule has 4 rings (SSSR count). The topological polar surface area (TPSA) is 40.5 Å². The summed E-state index contributed by atoms with van der Waals surface area (Å²) in [4.78, 5) is 0. The lowest BCUT2D eigenvalue weighted by molar-refractivity contribution is 0.345. The largest absolute Gasteiger partial charge is 0.508 e. The molecule has 0 spiro atoms. The van der Waals surface area contributed by atoms with Gasteiger partial charge >= 0.3 is 0 Å². The Hall–Kier alpha value is -1.96. The molecule has 2 aliphatic carbocycles. The number of fused-ring (bicyclic) bond motifs is 7. The van der Waals surface area contributed by atoms with E-state index in [0.717, 1.165) is 36.8 Å². The summed E-state index contributed by atoms with van der Waals surface area (Å²) >= 11 is 0. The summed E-state index contributed by atoms with van der Waals surface area (Å²) in [5, 5.41) is 20.2. The molecule has 0 heterocycles. The SMILES string of the molecule is Oc1ccc2cc1CCCCc1cc(ccc1O)C1CCC21. The van der Waals surface area contributed by atoms with Crippen LogP contribution in [-0.4, -0.2) is 10.2 Å². The van der Waals surface area contributed by atoms with Crippen molar-refractivity contribution in [3.63, 3.8) is 0 Å². The van der Waals surface area contributed by atoms with Gasteiger partial charge in [0.05, 0.1) is 0 Å². The second-order valence-corrected chi connectivity index (χ2v) is 6.77. The smallest absolute Gasteiger partial charge is 0.118 e. The molecule has 0 aromatic heterocycles. The number of phenolic OH excluding ortho intramolecular Hbond substituents is 2. The molecule has 4 bridgehead atoms. The van der Waals surface area contributed by atoms with Crippen LogP contribution in [0.25, 0.3) is 0 Å². The van der Waals surface area contributed by atoms with Crippen LogP contribution in [0.3, 0.4) is 0 Å². The van der Waals surface area contributed by atoms with Crippen molar-refractivity contribution in [1.29, 1.82) is 0 Å². The summed E-state index contributed by atoms with van der Waals surface area (Å²) in [6, 6.07) is 12.3. The fourth-order valence-electron chi connectivity index (χ4n) is 4.00. The van der Waals surface area contributed by atoms with Gasteiger partial charge in [-0.25, -0.2) is 0 Å². The van der Waals surface area contributed by atoms with E-state index in [-0.39, 0.29) is 0 Å². The van der Waals surface area contributed by atoms with Gasteiger partial charge in [-0.1, -0.05) is 24.3 Å². The van der Waals surface area contributed by atoms with Crippen LogP contribution < -0.4 is 0 Å². The first-order valence-electron chi connectivity index (χ1n) is 8.36. The van der Waals surface area contributed by atoms with Gasteiger partial charge < -0.3 is 10.2 Å². The highest BCUT2D eigenvalue weighted by atomic mass is 16.3. The summed E-state index contributed by atoms with van der Waals surface area (Å²) in [5.41, 5.74) is 4.88. The number of aromatic hydroxyl groups is 2. The molecular formula is C20H22O2. The maximum Gasteiger partial charge on any atom is 0.118 e. The lowest BCUT2D eigenvalue weighted by Crippen LogP contribution is -2.22. The molecule has 114 valence electrons. The minimum atomic E-state index is 0.429. The Morgan fingerprint density at radius 2 is 1.14 bits per heavy atom. The van der Waals surface area contributed by atoms with E-state index < -0.39 is 0 Å². The minimum absolute atomic E-state index is 0.429. The van der Waals surface area contributed by atoms with Gasteiger partial charge in [-0.3, -0.25) is 0 Å². The zero-order valence-electron chi connectivity index (χ0n) is 12.8. The molecule has 0 amide bonds. The van der Waals surface area contributed by atoms with Crippen molar-refractivity contribution >= 4 is 0 Å². The second kappa shape index (κ2) is 5.35. The highest BCUT2D eigenvalue weighted by Crippen LogP contribution is 2.50. The summed E-state index contributed by atoms with van der Waals surface area (Å²) in [6.45, 7) is 0. The molecule has 2 heteroatoms. The average molecular weight is 294 g/mol. The van der Waals surface area contributed by atoms with Crippen LogP contribution in [-0.2, 0) is 12.8 Å². The molecule has 22 heavy (non-hydrogen) atoms. The molecule has 2 atom stereocenters. The summed E-state index contributed by atoms with van der Waals surface area (Å²) in [5.74, 6) is 1.96. The van der Waals surface area contributed by atoms with Gasteiger partial charge in [-0.15, -0.1) is 0 Å². The van der Waals surface area contributed by atoms with Crippen molar-refractivity contribution in [2.75, 3.05) is 0 Å². The zero-order chi connectivity index (χ0) is 15.1. The Bertz CT molecular complexity index is 643. The molecule has 2 aliphatic rings. The highest BCUT2D eigenvalue weighted by Gasteiger charge is 2.34. The molecule has 0 radical (unpaired) electrons. The van der Waals surface area contributed by atoms with Crippen LogP contribution in [0.2, 0.25) is 0 Å². The highest BCUT2D eigenvalue weighted by molar-refractivity contribution is 5.43. The van der Waals surface area contributed by atoms with Crippen molar-refractivity contribution in [3.05, 3.63) is 58.7 Å². The Balaban J connectivity index is 1.77. The van der Waals surface area contributed by atoms with Crippen molar-refractivity contribution in [2.45, 2.75) is 50.4 Å². The van der Waals surface area contributed by atoms with E-state index in [1.54, 1.807) is 0 Å². The number of hydrogen-bond acceptors (Lipinski definition) is 2. The van der Waals surface area contributed by atoms with E-state index >= 15 is 0 Å². The molecule has 2 aromatic rings. The van der Waals surface area contributed by atoms with Gasteiger partial charge in [-0.2, -0.15) is 0 Å². The van der Waals surface area contributed by atoms with Crippen LogP contribution in [0.15, 0.2) is 36.4 Å². The van der Waals surface area contributed by atoms with Gasteiger partial charge in [0.2, 0.25) is 0 Å². The summed E-state index contributed by atoms with van der Waals surface area (Å²) < 4.78 is 0. The lowest BCUT2D eigenvalue weighted by Gasteiger charge is -2.38. The third kappa shape index (κ3) is 2.27. The van der Waals surface area contributed by atoms with Crippen molar-refractivity contribution in [1.82, 2.24) is 0 Å². The maximum absolute atomic E-state index is 10.1. The predicted molar refractivity (Wildman–Crippen MR) is 87.6 cm³/mol. The normalized spacial score (nSPS) is 23.6. The standard InChI is InChI=1S/C20H22O2/c21-19-9-5-13-11-15(19)3-1-2-4-16-12-14(6-10-20(16)22)18-8-7-17(13)18/h5-6,9-12,17-18,21-22H,1-4,7-8H2. The second-order valence-electron chi connectivity index (χ2n) is 6.77. The Morgan fingerprint density at radius 1 is 0.682 bits per heavy atom. The van der Waals surface area contributed by atoms with E-state index in [1.165, 1.54) is 24.0 Å². The fraction of sp³-hybridized carbons (Fsp3) is 0.400. The summed E-state index contributed by atoms with van der Waals surface area (Å²) in [6.07, 6.45) is 6.33. The van der Waals surface area contributed by atoms with Crippen molar-refractivity contribution < 1.29 is 10.2 Å². The number of phenols is 2. The van der Waals surface area contributed by atoms with E-state index in [9.17, 15) is 10.2 Å². The molecule has 2 nitrogen and oxygen atoms in total. The van der Waals surface area contributed by atoms with E-state index in [1.807, 2.05) is 12.1 Å². The van der Waals surface area contributed by atoms with Crippen LogP contribution in [0.4, 0.5) is 0 Å². The van der Waals surface area contributed by atoms with Gasteiger partial charge in [0.1, 0.15) is 11.5 Å². The van der Waals surface area contributed by atoms with Gasteiger partial charge in [0.15, 0.2) is 0 Å². The molecule has 2 N–H and O–H groups in total. The van der Waals surface area contributed by atoms with Crippen molar-refractivity contribution in [3.8, 4) is 11.5 Å². The van der Waals surface area contributed by atoms with Crippen molar-refractivity contribution in [2.24, 2.45) is 0 Å². The molecular weight excluding hydrogens is 272 g/mol. The first-order valence-corrected chi connectivity index (χ1v) is 8.36. The number of aryl methyl sites for hydroxylation is 2. The van der Waals surface area contributed by atoms with Crippen LogP contribution in [0, 0.1) is 0 Å². The van der Waals surface area contributed by atoms with E-state index in [0.29, 0.717) is 23.3 Å². The van der Waals surface area contributed by atoms with Gasteiger partial charge in [0, 0.05) is 0 Å². The molecule has 1 saturated carbocycles. The molecule has 2 unspecified atom stereocenters. The van der Waals surface area contributed by atoms with Crippen LogP contribution in [0.5, 0.6) is 11.5 Å². The third-order valence-corrected chi connectivity index (χ3v) is 5.48. The average Bonchev–Trinajstić information content (AvgIpc) is 2.47.